The average Bonchev–Trinajstić information content (AvgIpc) is 2.83. The highest BCUT2D eigenvalue weighted by molar-refractivity contribution is 5.15. The van der Waals surface area contributed by atoms with E-state index in [4.69, 9.17) is 0 Å². The molecule has 0 aliphatic carbocycles. The van der Waals surface area contributed by atoms with Gasteiger partial charge in [-0.3, -0.25) is 0 Å². The van der Waals surface area contributed by atoms with Gasteiger partial charge in [0, 0.05) is 11.6 Å². The summed E-state index contributed by atoms with van der Waals surface area (Å²) in [7, 11) is 0. The Labute approximate surface area is 136 Å². The average molecular weight is 343 g/mol. The molecule has 0 amide bonds. The Morgan fingerprint density at radius 1 is 0.810 bits per heavy atom. The maximum absolute atomic E-state index is 2.32. The SMILES string of the molecule is Cc1cc[n+](Cc2ccccc2)n1Cc1ccccc1.[Br-]. The largest absolute Gasteiger partial charge is 1.00 e. The molecule has 0 N–H and O–H groups in total. The lowest BCUT2D eigenvalue weighted by atomic mass is 10.2. The van der Waals surface area contributed by atoms with Gasteiger partial charge < -0.3 is 17.0 Å². The van der Waals surface area contributed by atoms with Crippen LogP contribution < -0.4 is 21.7 Å². The minimum absolute atomic E-state index is 0. The molecule has 2 aromatic carbocycles. The van der Waals surface area contributed by atoms with Crippen molar-refractivity contribution in [3.63, 3.8) is 0 Å². The third-order valence-electron chi connectivity index (χ3n) is 3.57. The topological polar surface area (TPSA) is 8.81 Å². The van der Waals surface area contributed by atoms with Crippen LogP contribution in [0.2, 0.25) is 0 Å². The lowest BCUT2D eigenvalue weighted by molar-refractivity contribution is -0.767. The molecule has 0 bridgehead atoms. The summed E-state index contributed by atoms with van der Waals surface area (Å²) in [4.78, 5) is 0. The van der Waals surface area contributed by atoms with E-state index in [0.29, 0.717) is 0 Å². The zero-order chi connectivity index (χ0) is 13.8. The fraction of sp³-hybridized carbons (Fsp3) is 0.167. The first kappa shape index (κ1) is 15.5. The van der Waals surface area contributed by atoms with Crippen LogP contribution >= 0.6 is 0 Å². The molecule has 3 heteroatoms. The summed E-state index contributed by atoms with van der Waals surface area (Å²) in [6.45, 7) is 3.97. The van der Waals surface area contributed by atoms with Crippen molar-refractivity contribution < 1.29 is 21.7 Å². The third-order valence-corrected chi connectivity index (χ3v) is 3.57. The van der Waals surface area contributed by atoms with E-state index < -0.39 is 0 Å². The minimum Gasteiger partial charge on any atom is -1.00 e. The van der Waals surface area contributed by atoms with E-state index in [1.165, 1.54) is 16.8 Å². The lowest BCUT2D eigenvalue weighted by Crippen LogP contribution is -3.00. The van der Waals surface area contributed by atoms with Gasteiger partial charge in [0.15, 0.2) is 12.7 Å². The van der Waals surface area contributed by atoms with Crippen molar-refractivity contribution in [2.45, 2.75) is 20.0 Å². The van der Waals surface area contributed by atoms with Crippen molar-refractivity contribution in [1.82, 2.24) is 4.68 Å². The number of aryl methyl sites for hydroxylation is 1. The van der Waals surface area contributed by atoms with Crippen LogP contribution in [0.1, 0.15) is 16.8 Å². The molecule has 0 saturated heterocycles. The molecule has 108 valence electrons. The fourth-order valence-corrected chi connectivity index (χ4v) is 2.44. The van der Waals surface area contributed by atoms with Gasteiger partial charge in [-0.25, -0.2) is 0 Å². The summed E-state index contributed by atoms with van der Waals surface area (Å²) in [5.74, 6) is 0. The summed E-state index contributed by atoms with van der Waals surface area (Å²) in [6.07, 6.45) is 2.16. The van der Waals surface area contributed by atoms with Crippen LogP contribution in [0.4, 0.5) is 0 Å². The van der Waals surface area contributed by atoms with E-state index in [0.717, 1.165) is 13.1 Å². The molecule has 0 saturated carbocycles. The zero-order valence-corrected chi connectivity index (χ0v) is 13.7. The van der Waals surface area contributed by atoms with E-state index in [9.17, 15) is 0 Å². The lowest BCUT2D eigenvalue weighted by Gasteiger charge is -2.06. The van der Waals surface area contributed by atoms with Crippen molar-refractivity contribution in [1.29, 1.82) is 0 Å². The van der Waals surface area contributed by atoms with Gasteiger partial charge in [-0.15, -0.1) is 4.68 Å². The second-order valence-corrected chi connectivity index (χ2v) is 5.08. The Balaban J connectivity index is 0.00000161. The van der Waals surface area contributed by atoms with Gasteiger partial charge in [0.2, 0.25) is 0 Å². The Hall–Kier alpha value is -1.87. The first-order chi connectivity index (χ1) is 9.83. The van der Waals surface area contributed by atoms with Crippen LogP contribution in [-0.4, -0.2) is 4.68 Å². The summed E-state index contributed by atoms with van der Waals surface area (Å²) >= 11 is 0. The smallest absolute Gasteiger partial charge is 0.197 e. The highest BCUT2D eigenvalue weighted by Gasteiger charge is 2.13. The molecule has 1 aromatic heterocycles. The molecule has 3 aromatic rings. The standard InChI is InChI=1S/C18H19N2.BrH/c1-16-12-13-19(14-17-8-4-2-5-9-17)20(16)15-18-10-6-3-7-11-18;/h2-13H,14-15H2,1H3;1H/q+1;/p-1. The summed E-state index contributed by atoms with van der Waals surface area (Å²) in [6, 6.07) is 23.3. The zero-order valence-electron chi connectivity index (χ0n) is 12.1. The predicted molar refractivity (Wildman–Crippen MR) is 80.5 cm³/mol. The van der Waals surface area contributed by atoms with E-state index >= 15 is 0 Å². The number of hydrogen-bond acceptors (Lipinski definition) is 0. The molecule has 2 nitrogen and oxygen atoms in total. The highest BCUT2D eigenvalue weighted by atomic mass is 79.9. The Morgan fingerprint density at radius 2 is 1.38 bits per heavy atom. The summed E-state index contributed by atoms with van der Waals surface area (Å²) in [5.41, 5.74) is 3.93. The Morgan fingerprint density at radius 3 is 2.00 bits per heavy atom. The van der Waals surface area contributed by atoms with E-state index in [2.05, 4.69) is 89.2 Å². The van der Waals surface area contributed by atoms with Gasteiger partial charge in [0.1, 0.15) is 6.54 Å². The van der Waals surface area contributed by atoms with Gasteiger partial charge in [0.05, 0.1) is 5.69 Å². The van der Waals surface area contributed by atoms with Gasteiger partial charge in [0.25, 0.3) is 0 Å². The molecular weight excluding hydrogens is 324 g/mol. The summed E-state index contributed by atoms with van der Waals surface area (Å²) < 4.78 is 4.60. The molecule has 21 heavy (non-hydrogen) atoms. The molecule has 0 fully saturated rings. The number of nitrogens with zero attached hydrogens (tertiary/aromatic N) is 2. The van der Waals surface area contributed by atoms with Crippen LogP contribution in [0.15, 0.2) is 72.9 Å². The third kappa shape index (κ3) is 3.82. The van der Waals surface area contributed by atoms with Crippen molar-refractivity contribution in [2.24, 2.45) is 0 Å². The van der Waals surface area contributed by atoms with Crippen LogP contribution in [0, 0.1) is 6.92 Å². The number of rotatable bonds is 4. The van der Waals surface area contributed by atoms with Gasteiger partial charge in [-0.1, -0.05) is 60.7 Å². The molecule has 0 radical (unpaired) electrons. The first-order valence-corrected chi connectivity index (χ1v) is 6.96. The van der Waals surface area contributed by atoms with E-state index in [1.807, 2.05) is 0 Å². The predicted octanol–water partition coefficient (Wildman–Crippen LogP) is 0.185. The van der Waals surface area contributed by atoms with Crippen molar-refractivity contribution in [3.05, 3.63) is 89.7 Å². The van der Waals surface area contributed by atoms with Crippen LogP contribution in [0.5, 0.6) is 0 Å². The molecular formula is C18H19BrN2. The molecule has 0 spiro atoms. The van der Waals surface area contributed by atoms with E-state index in [-0.39, 0.29) is 17.0 Å². The minimum atomic E-state index is 0. The Bertz CT molecular complexity index is 675. The van der Waals surface area contributed by atoms with Crippen molar-refractivity contribution in [3.8, 4) is 0 Å². The molecule has 0 atom stereocenters. The monoisotopic (exact) mass is 342 g/mol. The quantitative estimate of drug-likeness (QED) is 0.598. The van der Waals surface area contributed by atoms with Gasteiger partial charge in [-0.05, 0) is 12.5 Å². The Kier molecular flexibility index (Phi) is 5.34. The van der Waals surface area contributed by atoms with Crippen LogP contribution in [0.25, 0.3) is 0 Å². The second-order valence-electron chi connectivity index (χ2n) is 5.08. The van der Waals surface area contributed by atoms with Crippen LogP contribution in [-0.2, 0) is 13.1 Å². The van der Waals surface area contributed by atoms with Crippen LogP contribution in [0.3, 0.4) is 0 Å². The molecule has 3 rings (SSSR count). The number of halogens is 1. The van der Waals surface area contributed by atoms with E-state index in [1.54, 1.807) is 0 Å². The fourth-order valence-electron chi connectivity index (χ4n) is 2.44. The van der Waals surface area contributed by atoms with Gasteiger partial charge >= 0.3 is 0 Å². The molecule has 0 unspecified atom stereocenters. The number of benzene rings is 2. The highest BCUT2D eigenvalue weighted by Crippen LogP contribution is 2.05. The first-order valence-electron chi connectivity index (χ1n) is 6.96. The van der Waals surface area contributed by atoms with Crippen molar-refractivity contribution >= 4 is 0 Å². The number of hydrogen-bond donors (Lipinski definition) is 0. The summed E-state index contributed by atoms with van der Waals surface area (Å²) in [5, 5.41) is 0. The maximum atomic E-state index is 2.32. The second kappa shape index (κ2) is 7.23. The molecule has 0 aliphatic heterocycles. The van der Waals surface area contributed by atoms with Crippen molar-refractivity contribution in [2.75, 3.05) is 0 Å². The normalized spacial score (nSPS) is 10.1. The maximum Gasteiger partial charge on any atom is 0.197 e. The molecule has 1 heterocycles. The molecule has 0 aliphatic rings. The van der Waals surface area contributed by atoms with Gasteiger partial charge in [-0.2, -0.15) is 4.68 Å². The number of aromatic nitrogens is 2.